The van der Waals surface area contributed by atoms with Crippen molar-refractivity contribution in [1.29, 1.82) is 0 Å². The Hall–Kier alpha value is -1.88. The Morgan fingerprint density at radius 1 is 1.33 bits per heavy atom. The van der Waals surface area contributed by atoms with Gasteiger partial charge in [-0.15, -0.1) is 0 Å². The molecule has 3 rings (SSSR count). The lowest BCUT2D eigenvalue weighted by Gasteiger charge is -2.17. The molecule has 0 unspecified atom stereocenters. The molecule has 0 aromatic heterocycles. The predicted molar refractivity (Wildman–Crippen MR) is 91.6 cm³/mol. The highest BCUT2D eigenvalue weighted by Crippen LogP contribution is 2.19. The van der Waals surface area contributed by atoms with Gasteiger partial charge in [-0.05, 0) is 31.7 Å². The van der Waals surface area contributed by atoms with Crippen molar-refractivity contribution < 1.29 is 14.3 Å². The monoisotopic (exact) mass is 330 g/mol. The maximum atomic E-state index is 12.3. The van der Waals surface area contributed by atoms with Crippen molar-refractivity contribution in [2.45, 2.75) is 38.7 Å². The molecule has 2 aliphatic heterocycles. The van der Waals surface area contributed by atoms with Crippen molar-refractivity contribution in [2.75, 3.05) is 26.2 Å². The molecular weight excluding hydrogens is 304 g/mol. The van der Waals surface area contributed by atoms with E-state index in [9.17, 15) is 9.59 Å². The minimum absolute atomic E-state index is 0.0170. The first-order valence-electron chi connectivity index (χ1n) is 8.84. The Bertz CT molecular complexity index is 579. The quantitative estimate of drug-likeness (QED) is 0.863. The van der Waals surface area contributed by atoms with Crippen molar-refractivity contribution in [3.05, 3.63) is 35.4 Å². The standard InChI is InChI=1S/C19H26N2O3/c1-14-4-6-15(7-5-14)8-9-21-13-16(11-18(21)22)19(23)20-12-17-3-2-10-24-17/h4-7,16-17H,2-3,8-13H2,1H3,(H,20,23)/t16-,17-/m1/s1. The summed E-state index contributed by atoms with van der Waals surface area (Å²) in [6.45, 7) is 4.62. The van der Waals surface area contributed by atoms with Crippen LogP contribution in [0.25, 0.3) is 0 Å². The Morgan fingerprint density at radius 3 is 2.83 bits per heavy atom. The number of carbonyl (C=O) groups is 2. The van der Waals surface area contributed by atoms with Crippen molar-refractivity contribution in [1.82, 2.24) is 10.2 Å². The fraction of sp³-hybridized carbons (Fsp3) is 0.579. The van der Waals surface area contributed by atoms with E-state index in [0.29, 0.717) is 26.1 Å². The van der Waals surface area contributed by atoms with Crippen LogP contribution in [0.1, 0.15) is 30.4 Å². The normalized spacial score (nSPS) is 23.7. The number of likely N-dealkylation sites (tertiary alicyclic amines) is 1. The fourth-order valence-electron chi connectivity index (χ4n) is 3.35. The van der Waals surface area contributed by atoms with Crippen molar-refractivity contribution >= 4 is 11.8 Å². The first kappa shape index (κ1) is 17.0. The molecule has 0 radical (unpaired) electrons. The number of hydrogen-bond acceptors (Lipinski definition) is 3. The van der Waals surface area contributed by atoms with E-state index in [2.05, 4.69) is 36.5 Å². The van der Waals surface area contributed by atoms with Crippen molar-refractivity contribution in [3.8, 4) is 0 Å². The molecule has 1 aromatic rings. The molecule has 1 aromatic carbocycles. The highest BCUT2D eigenvalue weighted by molar-refractivity contribution is 5.89. The number of nitrogens with one attached hydrogen (secondary N) is 1. The smallest absolute Gasteiger partial charge is 0.225 e. The zero-order valence-corrected chi connectivity index (χ0v) is 14.3. The minimum atomic E-state index is -0.225. The number of carbonyl (C=O) groups excluding carboxylic acids is 2. The minimum Gasteiger partial charge on any atom is -0.376 e. The number of rotatable bonds is 6. The molecule has 0 spiro atoms. The molecule has 24 heavy (non-hydrogen) atoms. The Kier molecular flexibility index (Phi) is 5.51. The summed E-state index contributed by atoms with van der Waals surface area (Å²) in [6.07, 6.45) is 3.37. The molecule has 5 heteroatoms. The summed E-state index contributed by atoms with van der Waals surface area (Å²) in [5.74, 6) is -0.159. The van der Waals surface area contributed by atoms with Gasteiger partial charge in [-0.2, -0.15) is 0 Å². The lowest BCUT2D eigenvalue weighted by Crippen LogP contribution is -2.37. The first-order valence-corrected chi connectivity index (χ1v) is 8.84. The van der Waals surface area contributed by atoms with E-state index < -0.39 is 0 Å². The first-order chi connectivity index (χ1) is 11.6. The van der Waals surface area contributed by atoms with Crippen LogP contribution in [-0.4, -0.2) is 49.1 Å². The average molecular weight is 330 g/mol. The molecule has 0 aliphatic carbocycles. The van der Waals surface area contributed by atoms with Crippen molar-refractivity contribution in [2.24, 2.45) is 5.92 Å². The van der Waals surface area contributed by atoms with Crippen molar-refractivity contribution in [3.63, 3.8) is 0 Å². The van der Waals surface area contributed by atoms with Crippen LogP contribution in [0.15, 0.2) is 24.3 Å². The van der Waals surface area contributed by atoms with E-state index >= 15 is 0 Å². The fourth-order valence-corrected chi connectivity index (χ4v) is 3.35. The highest BCUT2D eigenvalue weighted by atomic mass is 16.5. The predicted octanol–water partition coefficient (Wildman–Crippen LogP) is 1.68. The number of benzene rings is 1. The summed E-state index contributed by atoms with van der Waals surface area (Å²) in [7, 11) is 0. The molecule has 5 nitrogen and oxygen atoms in total. The van der Waals surface area contributed by atoms with Crippen LogP contribution >= 0.6 is 0 Å². The zero-order chi connectivity index (χ0) is 16.9. The van der Waals surface area contributed by atoms with E-state index in [1.807, 2.05) is 4.90 Å². The van der Waals surface area contributed by atoms with Gasteiger partial charge in [-0.3, -0.25) is 9.59 Å². The van der Waals surface area contributed by atoms with Crippen LogP contribution in [0.3, 0.4) is 0 Å². The summed E-state index contributed by atoms with van der Waals surface area (Å²) in [5.41, 5.74) is 2.46. The molecule has 0 bridgehead atoms. The summed E-state index contributed by atoms with van der Waals surface area (Å²) in [5, 5.41) is 2.94. The second kappa shape index (κ2) is 7.79. The third-order valence-corrected chi connectivity index (χ3v) is 4.90. The van der Waals surface area contributed by atoms with Gasteiger partial charge in [0, 0.05) is 32.7 Å². The van der Waals surface area contributed by atoms with Gasteiger partial charge >= 0.3 is 0 Å². The van der Waals surface area contributed by atoms with Gasteiger partial charge in [0.1, 0.15) is 0 Å². The summed E-state index contributed by atoms with van der Waals surface area (Å²) in [4.78, 5) is 26.2. The van der Waals surface area contributed by atoms with Gasteiger partial charge in [-0.1, -0.05) is 29.8 Å². The second-order valence-corrected chi connectivity index (χ2v) is 6.86. The van der Waals surface area contributed by atoms with E-state index in [0.717, 1.165) is 25.9 Å². The molecular formula is C19H26N2O3. The van der Waals surface area contributed by atoms with E-state index in [-0.39, 0.29) is 23.8 Å². The summed E-state index contributed by atoms with van der Waals surface area (Å²) >= 11 is 0. The maximum Gasteiger partial charge on any atom is 0.225 e. The Balaban J connectivity index is 1.44. The van der Waals surface area contributed by atoms with Gasteiger partial charge in [-0.25, -0.2) is 0 Å². The average Bonchev–Trinajstić information content (AvgIpc) is 3.22. The molecule has 2 saturated heterocycles. The van der Waals surface area contributed by atoms with Crippen LogP contribution in [0.5, 0.6) is 0 Å². The Morgan fingerprint density at radius 2 is 2.12 bits per heavy atom. The third-order valence-electron chi connectivity index (χ3n) is 4.90. The second-order valence-electron chi connectivity index (χ2n) is 6.86. The lowest BCUT2D eigenvalue weighted by molar-refractivity contribution is -0.129. The number of aryl methyl sites for hydroxylation is 1. The zero-order valence-electron chi connectivity index (χ0n) is 14.3. The van der Waals surface area contributed by atoms with Gasteiger partial charge in [0.25, 0.3) is 0 Å². The van der Waals surface area contributed by atoms with E-state index in [1.165, 1.54) is 11.1 Å². The molecule has 2 atom stereocenters. The van der Waals surface area contributed by atoms with Gasteiger partial charge in [0.2, 0.25) is 11.8 Å². The van der Waals surface area contributed by atoms with E-state index in [1.54, 1.807) is 0 Å². The lowest BCUT2D eigenvalue weighted by atomic mass is 10.1. The number of hydrogen-bond donors (Lipinski definition) is 1. The highest BCUT2D eigenvalue weighted by Gasteiger charge is 2.34. The van der Waals surface area contributed by atoms with Gasteiger partial charge in [0.05, 0.1) is 12.0 Å². The molecule has 2 aliphatic rings. The molecule has 0 saturated carbocycles. The molecule has 2 amide bonds. The van der Waals surface area contributed by atoms with Gasteiger partial charge < -0.3 is 15.0 Å². The Labute approximate surface area is 143 Å². The van der Waals surface area contributed by atoms with Crippen LogP contribution in [0.4, 0.5) is 0 Å². The van der Waals surface area contributed by atoms with Crippen LogP contribution in [-0.2, 0) is 20.7 Å². The molecule has 130 valence electrons. The van der Waals surface area contributed by atoms with Gasteiger partial charge in [0.15, 0.2) is 0 Å². The number of amides is 2. The number of ether oxygens (including phenoxy) is 1. The van der Waals surface area contributed by atoms with Crippen LogP contribution in [0, 0.1) is 12.8 Å². The summed E-state index contributed by atoms with van der Waals surface area (Å²) in [6, 6.07) is 8.37. The third kappa shape index (κ3) is 4.35. The van der Waals surface area contributed by atoms with E-state index in [4.69, 9.17) is 4.74 Å². The van der Waals surface area contributed by atoms with Crippen LogP contribution < -0.4 is 5.32 Å². The largest absolute Gasteiger partial charge is 0.376 e. The molecule has 2 fully saturated rings. The number of nitrogens with zero attached hydrogens (tertiary/aromatic N) is 1. The summed E-state index contributed by atoms with van der Waals surface area (Å²) < 4.78 is 5.51. The molecule has 1 N–H and O–H groups in total. The topological polar surface area (TPSA) is 58.6 Å². The SMILES string of the molecule is Cc1ccc(CCN2C[C@H](C(=O)NC[C@H]3CCCO3)CC2=O)cc1. The van der Waals surface area contributed by atoms with Crippen LogP contribution in [0.2, 0.25) is 0 Å². The molecule has 2 heterocycles. The maximum absolute atomic E-state index is 12.3.